The fraction of sp³-hybridized carbons (Fsp3) is 0.875. The zero-order valence-corrected chi connectivity index (χ0v) is 14.2. The number of nitrogens with zero attached hydrogens (tertiary/aromatic N) is 2. The van der Waals surface area contributed by atoms with Gasteiger partial charge < -0.3 is 5.73 Å². The van der Waals surface area contributed by atoms with E-state index < -0.39 is 0 Å². The summed E-state index contributed by atoms with van der Waals surface area (Å²) in [7, 11) is 0. The van der Waals surface area contributed by atoms with Gasteiger partial charge in [-0.15, -0.1) is 5.10 Å². The van der Waals surface area contributed by atoms with Crippen molar-refractivity contribution in [3.8, 4) is 0 Å². The largest absolute Gasteiger partial charge is 0.323 e. The first-order valence-electron chi connectivity index (χ1n) is 8.24. The molecule has 4 heteroatoms. The molecule has 0 aliphatic carbocycles. The minimum absolute atomic E-state index is 0.132. The van der Waals surface area contributed by atoms with Crippen LogP contribution in [0.2, 0.25) is 0 Å². The lowest BCUT2D eigenvalue weighted by Gasteiger charge is -2.12. The summed E-state index contributed by atoms with van der Waals surface area (Å²) < 4.78 is 4.06. The van der Waals surface area contributed by atoms with Gasteiger partial charge in [0.1, 0.15) is 0 Å². The highest BCUT2D eigenvalue weighted by Gasteiger charge is 2.17. The van der Waals surface area contributed by atoms with Crippen molar-refractivity contribution in [2.24, 2.45) is 5.73 Å². The van der Waals surface area contributed by atoms with Gasteiger partial charge in [0.05, 0.1) is 10.6 Å². The Labute approximate surface area is 128 Å². The molecule has 0 aliphatic heterocycles. The van der Waals surface area contributed by atoms with Gasteiger partial charge in [0.15, 0.2) is 0 Å². The zero-order chi connectivity index (χ0) is 14.8. The van der Waals surface area contributed by atoms with Crippen molar-refractivity contribution in [1.82, 2.24) is 9.59 Å². The molecule has 3 nitrogen and oxygen atoms in total. The molecule has 1 unspecified atom stereocenters. The molecule has 0 saturated heterocycles. The van der Waals surface area contributed by atoms with Gasteiger partial charge in [-0.25, -0.2) is 0 Å². The lowest BCUT2D eigenvalue weighted by Crippen LogP contribution is -2.11. The number of unbranched alkanes of at least 4 members (excludes halogenated alkanes) is 7. The minimum Gasteiger partial charge on any atom is -0.323 e. The monoisotopic (exact) mass is 297 g/mol. The fourth-order valence-electron chi connectivity index (χ4n) is 2.49. The quantitative estimate of drug-likeness (QED) is 0.572. The average molecular weight is 298 g/mol. The third kappa shape index (κ3) is 6.31. The maximum absolute atomic E-state index is 6.29. The third-order valence-corrected chi connectivity index (χ3v) is 4.66. The normalized spacial score (nSPS) is 13.1. The predicted octanol–water partition coefficient (Wildman–Crippen LogP) is 5.19. The van der Waals surface area contributed by atoms with Gasteiger partial charge in [-0.05, 0) is 23.9 Å². The molecule has 1 aromatic heterocycles. The summed E-state index contributed by atoms with van der Waals surface area (Å²) in [5.41, 5.74) is 7.39. The van der Waals surface area contributed by atoms with Crippen LogP contribution in [0.5, 0.6) is 0 Å². The number of hydrogen-bond donors (Lipinski definition) is 1. The van der Waals surface area contributed by atoms with E-state index in [4.69, 9.17) is 5.73 Å². The topological polar surface area (TPSA) is 51.8 Å². The van der Waals surface area contributed by atoms with Crippen LogP contribution in [0.1, 0.15) is 101 Å². The van der Waals surface area contributed by atoms with Gasteiger partial charge in [0.25, 0.3) is 0 Å². The summed E-state index contributed by atoms with van der Waals surface area (Å²) in [5.74, 6) is 0.424. The molecule has 0 spiro atoms. The second kappa shape index (κ2) is 10.3. The van der Waals surface area contributed by atoms with Gasteiger partial charge in [0.2, 0.25) is 0 Å². The molecule has 1 atom stereocenters. The van der Waals surface area contributed by atoms with Crippen LogP contribution < -0.4 is 5.73 Å². The Morgan fingerprint density at radius 2 is 1.60 bits per heavy atom. The SMILES string of the molecule is CCCCCCCCCCC(N)c1snnc1C(C)C. The molecule has 1 heterocycles. The zero-order valence-electron chi connectivity index (χ0n) is 13.4. The summed E-state index contributed by atoms with van der Waals surface area (Å²) in [5, 5.41) is 4.21. The van der Waals surface area contributed by atoms with Gasteiger partial charge in [-0.2, -0.15) is 0 Å². The Balaban J connectivity index is 2.14. The lowest BCUT2D eigenvalue weighted by molar-refractivity contribution is 0.536. The predicted molar refractivity (Wildman–Crippen MR) is 88.2 cm³/mol. The second-order valence-corrected chi connectivity index (χ2v) is 6.83. The number of rotatable bonds is 11. The Hall–Kier alpha value is -0.480. The summed E-state index contributed by atoms with van der Waals surface area (Å²) in [6.07, 6.45) is 11.9. The maximum Gasteiger partial charge on any atom is 0.0828 e. The molecule has 2 N–H and O–H groups in total. The van der Waals surface area contributed by atoms with Crippen molar-refractivity contribution in [2.45, 2.75) is 90.5 Å². The van der Waals surface area contributed by atoms with Crippen LogP contribution >= 0.6 is 11.5 Å². The minimum atomic E-state index is 0.132. The second-order valence-electron chi connectivity index (χ2n) is 6.05. The molecule has 0 saturated carbocycles. The first-order valence-corrected chi connectivity index (χ1v) is 9.01. The molecular formula is C16H31N3S. The Morgan fingerprint density at radius 3 is 2.20 bits per heavy atom. The number of hydrogen-bond acceptors (Lipinski definition) is 4. The molecule has 0 radical (unpaired) electrons. The van der Waals surface area contributed by atoms with Crippen LogP contribution in [0, 0.1) is 0 Å². The molecule has 116 valence electrons. The Kier molecular flexibility index (Phi) is 9.03. The van der Waals surface area contributed by atoms with E-state index in [0.29, 0.717) is 5.92 Å². The number of aromatic nitrogens is 2. The summed E-state index contributed by atoms with van der Waals surface area (Å²) in [4.78, 5) is 1.20. The van der Waals surface area contributed by atoms with Crippen molar-refractivity contribution in [3.63, 3.8) is 0 Å². The molecule has 0 fully saturated rings. The first kappa shape index (κ1) is 17.6. The van der Waals surface area contributed by atoms with Crippen LogP contribution in [0.3, 0.4) is 0 Å². The van der Waals surface area contributed by atoms with Crippen molar-refractivity contribution in [2.75, 3.05) is 0 Å². The lowest BCUT2D eigenvalue weighted by atomic mass is 10.0. The van der Waals surface area contributed by atoms with E-state index in [0.717, 1.165) is 12.1 Å². The van der Waals surface area contributed by atoms with Crippen molar-refractivity contribution >= 4 is 11.5 Å². The standard InChI is InChI=1S/C16H31N3S/c1-4-5-6-7-8-9-10-11-12-14(17)16-15(13(2)3)18-19-20-16/h13-14H,4-12,17H2,1-3H3. The third-order valence-electron chi connectivity index (χ3n) is 3.79. The smallest absolute Gasteiger partial charge is 0.0828 e. The molecular weight excluding hydrogens is 266 g/mol. The molecule has 0 amide bonds. The van der Waals surface area contributed by atoms with E-state index in [1.807, 2.05) is 0 Å². The van der Waals surface area contributed by atoms with E-state index in [2.05, 4.69) is 30.4 Å². The van der Waals surface area contributed by atoms with Crippen LogP contribution in [0.15, 0.2) is 0 Å². The average Bonchev–Trinajstić information content (AvgIpc) is 2.91. The van der Waals surface area contributed by atoms with Crippen LogP contribution in [-0.4, -0.2) is 9.59 Å². The highest BCUT2D eigenvalue weighted by molar-refractivity contribution is 7.05. The summed E-state index contributed by atoms with van der Waals surface area (Å²) >= 11 is 1.48. The van der Waals surface area contributed by atoms with E-state index in [9.17, 15) is 0 Å². The van der Waals surface area contributed by atoms with Crippen LogP contribution in [0.25, 0.3) is 0 Å². The van der Waals surface area contributed by atoms with Gasteiger partial charge in [-0.3, -0.25) is 0 Å². The van der Waals surface area contributed by atoms with Gasteiger partial charge in [-0.1, -0.05) is 76.6 Å². The summed E-state index contributed by atoms with van der Waals surface area (Å²) in [6.45, 7) is 6.58. The Bertz CT molecular complexity index is 349. The fourth-order valence-corrected chi connectivity index (χ4v) is 3.33. The van der Waals surface area contributed by atoms with E-state index >= 15 is 0 Å². The van der Waals surface area contributed by atoms with Crippen molar-refractivity contribution in [1.29, 1.82) is 0 Å². The van der Waals surface area contributed by atoms with E-state index in [1.54, 1.807) is 0 Å². The van der Waals surface area contributed by atoms with Crippen molar-refractivity contribution in [3.05, 3.63) is 10.6 Å². The molecule has 1 aromatic rings. The first-order chi connectivity index (χ1) is 9.66. The van der Waals surface area contributed by atoms with Gasteiger partial charge in [0, 0.05) is 6.04 Å². The Morgan fingerprint density at radius 1 is 1.00 bits per heavy atom. The highest BCUT2D eigenvalue weighted by atomic mass is 32.1. The molecule has 0 bridgehead atoms. The summed E-state index contributed by atoms with van der Waals surface area (Å²) in [6, 6.07) is 0.132. The molecule has 20 heavy (non-hydrogen) atoms. The number of nitrogens with two attached hydrogens (primary N) is 1. The van der Waals surface area contributed by atoms with E-state index in [-0.39, 0.29) is 6.04 Å². The van der Waals surface area contributed by atoms with E-state index in [1.165, 1.54) is 67.8 Å². The van der Waals surface area contributed by atoms with Crippen molar-refractivity contribution < 1.29 is 0 Å². The maximum atomic E-state index is 6.29. The molecule has 0 aromatic carbocycles. The highest BCUT2D eigenvalue weighted by Crippen LogP contribution is 2.27. The van der Waals surface area contributed by atoms with Crippen LogP contribution in [0.4, 0.5) is 0 Å². The molecule has 1 rings (SSSR count). The van der Waals surface area contributed by atoms with Crippen LogP contribution in [-0.2, 0) is 0 Å². The van der Waals surface area contributed by atoms with Gasteiger partial charge >= 0.3 is 0 Å². The molecule has 0 aliphatic rings.